The highest BCUT2D eigenvalue weighted by Gasteiger charge is 2.16. The van der Waals surface area contributed by atoms with Crippen LogP contribution in [0.25, 0.3) is 0 Å². The van der Waals surface area contributed by atoms with Gasteiger partial charge in [-0.1, -0.05) is 0 Å². The number of anilines is 2. The first kappa shape index (κ1) is 15.0. The lowest BCUT2D eigenvalue weighted by molar-refractivity contribution is 0.122. The van der Waals surface area contributed by atoms with Gasteiger partial charge in [0, 0.05) is 27.8 Å². The normalized spacial score (nSPS) is 15.2. The molecule has 0 unspecified atom stereocenters. The van der Waals surface area contributed by atoms with E-state index in [0.29, 0.717) is 31.7 Å². The van der Waals surface area contributed by atoms with Gasteiger partial charge in [0.15, 0.2) is 0 Å². The molecule has 6 nitrogen and oxygen atoms in total. The van der Waals surface area contributed by atoms with Crippen LogP contribution >= 0.6 is 38.9 Å². The van der Waals surface area contributed by atoms with Crippen LogP contribution in [0.3, 0.4) is 0 Å². The van der Waals surface area contributed by atoms with Gasteiger partial charge >= 0.3 is 0 Å². The van der Waals surface area contributed by atoms with Gasteiger partial charge in [-0.25, -0.2) is 0 Å². The number of hydrogen-bond donors (Lipinski definition) is 1. The molecular weight excluding hydrogens is 378 g/mol. The van der Waals surface area contributed by atoms with Gasteiger partial charge in [0.2, 0.25) is 17.2 Å². The Morgan fingerprint density at radius 1 is 1.33 bits per heavy atom. The minimum atomic E-state index is 0.196. The van der Waals surface area contributed by atoms with Gasteiger partial charge in [-0.05, 0) is 33.6 Å². The molecule has 3 heterocycles. The van der Waals surface area contributed by atoms with Crippen molar-refractivity contribution in [2.75, 3.05) is 36.5 Å². The summed E-state index contributed by atoms with van der Waals surface area (Å²) in [6, 6.07) is 2.06. The van der Waals surface area contributed by atoms with Crippen LogP contribution in [0.4, 0.5) is 11.9 Å². The van der Waals surface area contributed by atoms with Crippen molar-refractivity contribution in [3.05, 3.63) is 26.1 Å². The van der Waals surface area contributed by atoms with Gasteiger partial charge in [0.25, 0.3) is 0 Å². The fourth-order valence-electron chi connectivity index (χ4n) is 1.94. The number of thiophene rings is 1. The monoisotopic (exact) mass is 389 g/mol. The molecule has 0 saturated carbocycles. The maximum Gasteiger partial charge on any atom is 0.231 e. The van der Waals surface area contributed by atoms with Gasteiger partial charge in [-0.3, -0.25) is 0 Å². The van der Waals surface area contributed by atoms with E-state index in [1.54, 1.807) is 11.3 Å². The molecule has 1 fully saturated rings. The highest BCUT2D eigenvalue weighted by atomic mass is 79.9. The van der Waals surface area contributed by atoms with Crippen molar-refractivity contribution >= 4 is 50.8 Å². The van der Waals surface area contributed by atoms with Crippen LogP contribution in [-0.4, -0.2) is 41.3 Å². The van der Waals surface area contributed by atoms with Gasteiger partial charge < -0.3 is 15.0 Å². The average molecular weight is 391 g/mol. The van der Waals surface area contributed by atoms with Gasteiger partial charge in [0.05, 0.1) is 19.8 Å². The fourth-order valence-corrected chi connectivity index (χ4v) is 3.48. The van der Waals surface area contributed by atoms with E-state index in [0.717, 1.165) is 17.6 Å². The molecule has 1 aliphatic rings. The topological polar surface area (TPSA) is 63.2 Å². The molecule has 0 atom stereocenters. The van der Waals surface area contributed by atoms with E-state index in [4.69, 9.17) is 16.3 Å². The largest absolute Gasteiger partial charge is 0.378 e. The number of rotatable bonds is 4. The first-order chi connectivity index (χ1) is 10.2. The van der Waals surface area contributed by atoms with Crippen molar-refractivity contribution in [1.82, 2.24) is 15.0 Å². The number of aromatic nitrogens is 3. The third kappa shape index (κ3) is 4.03. The van der Waals surface area contributed by atoms with E-state index < -0.39 is 0 Å². The Labute approximate surface area is 139 Å². The molecule has 21 heavy (non-hydrogen) atoms. The minimum Gasteiger partial charge on any atom is -0.378 e. The fraction of sp³-hybridized carbons (Fsp3) is 0.417. The Morgan fingerprint density at radius 2 is 2.14 bits per heavy atom. The molecule has 3 rings (SSSR count). The Morgan fingerprint density at radius 3 is 2.86 bits per heavy atom. The zero-order valence-corrected chi connectivity index (χ0v) is 14.2. The molecule has 0 bridgehead atoms. The summed E-state index contributed by atoms with van der Waals surface area (Å²) in [5, 5.41) is 5.41. The van der Waals surface area contributed by atoms with E-state index in [9.17, 15) is 0 Å². The smallest absolute Gasteiger partial charge is 0.231 e. The summed E-state index contributed by atoms with van der Waals surface area (Å²) in [5.41, 5.74) is 0. The zero-order chi connectivity index (χ0) is 14.7. The van der Waals surface area contributed by atoms with Crippen LogP contribution in [0.15, 0.2) is 15.9 Å². The van der Waals surface area contributed by atoms with Crippen molar-refractivity contribution in [3.8, 4) is 0 Å². The molecule has 0 aliphatic carbocycles. The number of morpholine rings is 1. The van der Waals surface area contributed by atoms with Crippen molar-refractivity contribution in [3.63, 3.8) is 0 Å². The Kier molecular flexibility index (Phi) is 4.89. The van der Waals surface area contributed by atoms with Crippen LogP contribution < -0.4 is 10.2 Å². The maximum absolute atomic E-state index is 5.99. The van der Waals surface area contributed by atoms with Crippen molar-refractivity contribution < 1.29 is 4.74 Å². The summed E-state index contributed by atoms with van der Waals surface area (Å²) >= 11 is 11.1. The first-order valence-electron chi connectivity index (χ1n) is 6.42. The lowest BCUT2D eigenvalue weighted by Gasteiger charge is -2.26. The summed E-state index contributed by atoms with van der Waals surface area (Å²) in [6.07, 6.45) is 0. The molecule has 112 valence electrons. The molecule has 0 aromatic carbocycles. The van der Waals surface area contributed by atoms with E-state index in [1.807, 2.05) is 10.3 Å². The summed E-state index contributed by atoms with van der Waals surface area (Å²) in [7, 11) is 0. The molecule has 0 radical (unpaired) electrons. The van der Waals surface area contributed by atoms with Crippen LogP contribution in [-0.2, 0) is 11.3 Å². The number of nitrogens with zero attached hydrogens (tertiary/aromatic N) is 4. The highest BCUT2D eigenvalue weighted by molar-refractivity contribution is 9.10. The van der Waals surface area contributed by atoms with Crippen LogP contribution in [0.5, 0.6) is 0 Å². The lowest BCUT2D eigenvalue weighted by atomic mass is 10.4. The SMILES string of the molecule is Clc1nc(NCc2cc(Br)cs2)nc(N2CCOCC2)n1. The molecule has 2 aromatic heterocycles. The van der Waals surface area contributed by atoms with E-state index in [2.05, 4.69) is 42.3 Å². The summed E-state index contributed by atoms with van der Waals surface area (Å²) in [4.78, 5) is 16.0. The second-order valence-electron chi connectivity index (χ2n) is 4.41. The summed E-state index contributed by atoms with van der Waals surface area (Å²) < 4.78 is 6.40. The number of ether oxygens (including phenoxy) is 1. The molecule has 2 aromatic rings. The van der Waals surface area contributed by atoms with Crippen molar-refractivity contribution in [2.24, 2.45) is 0 Å². The minimum absolute atomic E-state index is 0.196. The predicted octanol–water partition coefficient (Wildman–Crippen LogP) is 2.80. The standard InChI is InChI=1S/C12H13BrClN5OS/c13-8-5-9(21-7-8)6-15-11-16-10(14)17-12(18-11)19-1-3-20-4-2-19/h5,7H,1-4,6H2,(H,15,16,17,18). The molecule has 1 aliphatic heterocycles. The third-order valence-electron chi connectivity index (χ3n) is 2.93. The molecule has 0 amide bonds. The summed E-state index contributed by atoms with van der Waals surface area (Å²) in [6.45, 7) is 3.53. The van der Waals surface area contributed by atoms with Gasteiger partial charge in [0.1, 0.15) is 0 Å². The molecule has 0 spiro atoms. The zero-order valence-electron chi connectivity index (χ0n) is 11.1. The Balaban J connectivity index is 1.71. The van der Waals surface area contributed by atoms with Crippen molar-refractivity contribution in [2.45, 2.75) is 6.54 Å². The van der Waals surface area contributed by atoms with Crippen LogP contribution in [0.2, 0.25) is 5.28 Å². The van der Waals surface area contributed by atoms with Gasteiger partial charge in [-0.2, -0.15) is 15.0 Å². The van der Waals surface area contributed by atoms with Crippen molar-refractivity contribution in [1.29, 1.82) is 0 Å². The third-order valence-corrected chi connectivity index (χ3v) is 4.80. The molecule has 9 heteroatoms. The quantitative estimate of drug-likeness (QED) is 0.866. The predicted molar refractivity (Wildman–Crippen MR) is 87.2 cm³/mol. The van der Waals surface area contributed by atoms with E-state index >= 15 is 0 Å². The Hall–Kier alpha value is -0.960. The Bertz CT molecular complexity index is 619. The van der Waals surface area contributed by atoms with E-state index in [-0.39, 0.29) is 5.28 Å². The summed E-state index contributed by atoms with van der Waals surface area (Å²) in [5.74, 6) is 1.08. The van der Waals surface area contributed by atoms with E-state index in [1.165, 1.54) is 4.88 Å². The second kappa shape index (κ2) is 6.87. The number of nitrogens with one attached hydrogen (secondary N) is 1. The lowest BCUT2D eigenvalue weighted by Crippen LogP contribution is -2.37. The first-order valence-corrected chi connectivity index (χ1v) is 8.47. The molecular formula is C12H13BrClN5OS. The maximum atomic E-state index is 5.99. The number of halogens is 2. The molecule has 1 saturated heterocycles. The second-order valence-corrected chi connectivity index (χ2v) is 6.66. The van der Waals surface area contributed by atoms with Crippen LogP contribution in [0.1, 0.15) is 4.88 Å². The molecule has 1 N–H and O–H groups in total. The van der Waals surface area contributed by atoms with Crippen LogP contribution in [0, 0.1) is 0 Å². The highest BCUT2D eigenvalue weighted by Crippen LogP contribution is 2.21. The van der Waals surface area contributed by atoms with Gasteiger partial charge in [-0.15, -0.1) is 11.3 Å². The number of hydrogen-bond acceptors (Lipinski definition) is 7. The average Bonchev–Trinajstić information content (AvgIpc) is 2.91.